The lowest BCUT2D eigenvalue weighted by Gasteiger charge is -2.56. The number of phenols is 1. The first-order chi connectivity index (χ1) is 24.9. The van der Waals surface area contributed by atoms with Gasteiger partial charge in [-0.1, -0.05) is 35.5 Å². The number of amides is 1. The van der Waals surface area contributed by atoms with Crippen LogP contribution in [0.4, 0.5) is 0 Å². The van der Waals surface area contributed by atoms with E-state index in [2.05, 4.69) is 37.9 Å². The van der Waals surface area contributed by atoms with Crippen LogP contribution in [0.1, 0.15) is 109 Å². The second-order valence-electron chi connectivity index (χ2n) is 17.4. The predicted octanol–water partition coefficient (Wildman–Crippen LogP) is 7.32. The molecule has 1 aromatic rings. The molecule has 1 spiro atoms. The highest BCUT2D eigenvalue weighted by atomic mass is 16.6. The molecule has 1 N–H and O–H groups in total. The number of fused-ring (bicyclic) bond motifs is 2. The van der Waals surface area contributed by atoms with E-state index in [1.54, 1.807) is 13.0 Å². The molecule has 1 saturated carbocycles. The maximum Gasteiger partial charge on any atom is 0.249 e. The van der Waals surface area contributed by atoms with Gasteiger partial charge in [0, 0.05) is 54.6 Å². The molecule has 4 bridgehead atoms. The molecule has 0 aromatic heterocycles. The molecule has 4 aliphatic heterocycles. The first-order valence-corrected chi connectivity index (χ1v) is 19.4. The zero-order valence-electron chi connectivity index (χ0n) is 33.0. The highest BCUT2D eigenvalue weighted by molar-refractivity contribution is 6.19. The van der Waals surface area contributed by atoms with Gasteiger partial charge in [-0.05, 0) is 113 Å². The van der Waals surface area contributed by atoms with E-state index in [-0.39, 0.29) is 46.9 Å². The van der Waals surface area contributed by atoms with Gasteiger partial charge in [-0.15, -0.1) is 0 Å². The SMILES string of the molecule is CC(C)=CCCC1(C)C=Cc2c(O)c3c(c(CC=C(C)C)c2O1)OC12C(=CC4CC1C(C)(C)OC2(C/C=C(/C)C(=O)N1CCCN(C)CC1)C4=O)C3=O. The highest BCUT2D eigenvalue weighted by Crippen LogP contribution is 2.68. The lowest BCUT2D eigenvalue weighted by Crippen LogP contribution is -2.72. The summed E-state index contributed by atoms with van der Waals surface area (Å²) in [6.07, 6.45) is 15.1. The van der Waals surface area contributed by atoms with Gasteiger partial charge in [0.1, 0.15) is 28.4 Å². The summed E-state index contributed by atoms with van der Waals surface area (Å²) in [5, 5.41) is 12.0. The normalized spacial score (nSPS) is 31.1. The van der Waals surface area contributed by atoms with Gasteiger partial charge >= 0.3 is 0 Å². The van der Waals surface area contributed by atoms with Crippen LogP contribution < -0.4 is 9.47 Å². The molecule has 2 saturated heterocycles. The van der Waals surface area contributed by atoms with Gasteiger partial charge in [0.25, 0.3) is 0 Å². The quantitative estimate of drug-likeness (QED) is 0.220. The van der Waals surface area contributed by atoms with Crippen molar-refractivity contribution in [2.24, 2.45) is 11.8 Å². The number of likely N-dealkylation sites (N-methyl/N-ethyl adjacent to an activating group) is 1. The molecule has 53 heavy (non-hydrogen) atoms. The van der Waals surface area contributed by atoms with Crippen molar-refractivity contribution in [1.82, 2.24) is 9.80 Å². The summed E-state index contributed by atoms with van der Waals surface area (Å²) >= 11 is 0. The fraction of sp³-hybridized carbons (Fsp3) is 0.568. The van der Waals surface area contributed by atoms with Gasteiger partial charge in [0.05, 0.1) is 11.2 Å². The Morgan fingerprint density at radius 2 is 1.70 bits per heavy atom. The molecule has 7 aliphatic rings. The number of hydrogen-bond donors (Lipinski definition) is 1. The number of ketones is 2. The fourth-order valence-corrected chi connectivity index (χ4v) is 9.67. The maximum atomic E-state index is 15.0. The van der Waals surface area contributed by atoms with Crippen LogP contribution in [0.25, 0.3) is 6.08 Å². The molecule has 0 radical (unpaired) electrons. The Kier molecular flexibility index (Phi) is 9.25. The van der Waals surface area contributed by atoms with Crippen LogP contribution in [0.15, 0.2) is 52.7 Å². The first kappa shape index (κ1) is 37.4. The minimum Gasteiger partial charge on any atom is -0.506 e. The zero-order chi connectivity index (χ0) is 38.2. The predicted molar refractivity (Wildman–Crippen MR) is 205 cm³/mol. The van der Waals surface area contributed by atoms with Crippen molar-refractivity contribution in [3.63, 3.8) is 0 Å². The van der Waals surface area contributed by atoms with Crippen LogP contribution in [-0.2, 0) is 20.7 Å². The third-order valence-electron chi connectivity index (χ3n) is 12.5. The van der Waals surface area contributed by atoms with Crippen LogP contribution in [0, 0.1) is 11.8 Å². The average molecular weight is 725 g/mol. The lowest BCUT2D eigenvalue weighted by molar-refractivity contribution is -0.171. The molecule has 1 amide bonds. The minimum absolute atomic E-state index is 0.0587. The second-order valence-corrected chi connectivity index (χ2v) is 17.4. The number of phenolic OH excluding ortho intramolecular Hbond substituents is 1. The van der Waals surface area contributed by atoms with Crippen molar-refractivity contribution in [3.8, 4) is 17.2 Å². The average Bonchev–Trinajstić information content (AvgIpc) is 3.21. The van der Waals surface area contributed by atoms with Gasteiger partial charge in [-0.3, -0.25) is 14.4 Å². The number of benzene rings is 1. The lowest BCUT2D eigenvalue weighted by atomic mass is 9.51. The summed E-state index contributed by atoms with van der Waals surface area (Å²) in [5.74, 6) is -0.885. The first-order valence-electron chi connectivity index (χ1n) is 19.4. The largest absolute Gasteiger partial charge is 0.506 e. The molecule has 9 nitrogen and oxygen atoms in total. The van der Waals surface area contributed by atoms with E-state index in [0.717, 1.165) is 31.5 Å². The Bertz CT molecular complexity index is 1920. The second kappa shape index (κ2) is 13.1. The molecule has 9 heteroatoms. The maximum absolute atomic E-state index is 15.0. The van der Waals surface area contributed by atoms with Crippen LogP contribution in [0.5, 0.6) is 17.2 Å². The summed E-state index contributed by atoms with van der Waals surface area (Å²) < 4.78 is 21.1. The van der Waals surface area contributed by atoms with Crippen molar-refractivity contribution in [2.45, 2.75) is 116 Å². The van der Waals surface area contributed by atoms with E-state index in [1.165, 1.54) is 5.57 Å². The molecule has 284 valence electrons. The smallest absolute Gasteiger partial charge is 0.249 e. The Morgan fingerprint density at radius 3 is 2.42 bits per heavy atom. The van der Waals surface area contributed by atoms with Crippen LogP contribution in [-0.4, -0.2) is 88.0 Å². The number of hydrogen-bond acceptors (Lipinski definition) is 8. The molecular formula is C44H56N2O7. The summed E-state index contributed by atoms with van der Waals surface area (Å²) in [7, 11) is 2.07. The fourth-order valence-electron chi connectivity index (χ4n) is 9.67. The van der Waals surface area contributed by atoms with E-state index >= 15 is 4.79 Å². The summed E-state index contributed by atoms with van der Waals surface area (Å²) in [6, 6.07) is 0. The van der Waals surface area contributed by atoms with Gasteiger partial charge in [0.15, 0.2) is 22.8 Å². The molecule has 3 aliphatic carbocycles. The number of ether oxygens (including phenoxy) is 3. The highest BCUT2D eigenvalue weighted by Gasteiger charge is 2.81. The summed E-state index contributed by atoms with van der Waals surface area (Å²) in [6.45, 7) is 19.0. The molecule has 8 rings (SSSR count). The van der Waals surface area contributed by atoms with E-state index in [4.69, 9.17) is 14.2 Å². The number of allylic oxidation sites excluding steroid dienone is 5. The number of carbonyl (C=O) groups is 3. The molecule has 5 atom stereocenters. The summed E-state index contributed by atoms with van der Waals surface area (Å²) in [5.41, 5.74) is -0.0902. The molecule has 3 fully saturated rings. The monoisotopic (exact) mass is 724 g/mol. The van der Waals surface area contributed by atoms with Crippen molar-refractivity contribution >= 4 is 23.5 Å². The van der Waals surface area contributed by atoms with Crippen molar-refractivity contribution in [2.75, 3.05) is 33.2 Å². The van der Waals surface area contributed by atoms with Gasteiger partial charge < -0.3 is 29.1 Å². The number of Topliss-reactive ketones (excluding diaryl/α,β-unsaturated/α-hetero) is 2. The topological polar surface area (TPSA) is 106 Å². The standard InChI is InChI=1S/C44H56N2O7/c1-26(2)12-10-17-42(8)18-16-30-35(47)34-36(48)32-24-29-25-33-41(6,7)53-43(39(29)49,19-15-28(5)40(50)46-21-11-20-45(9)22-23-46)44(32,33)52-38(34)31(37(30)51-42)14-13-27(3)4/h12-13,15-16,18,24,29,33,47H,10-11,14,17,19-23,25H2,1-9H3/b28-15-. The number of aromatic hydroxyl groups is 1. The van der Waals surface area contributed by atoms with Crippen molar-refractivity contribution in [3.05, 3.63) is 69.4 Å². The Morgan fingerprint density at radius 1 is 0.962 bits per heavy atom. The van der Waals surface area contributed by atoms with Crippen molar-refractivity contribution < 1.29 is 33.7 Å². The molecule has 4 heterocycles. The summed E-state index contributed by atoms with van der Waals surface area (Å²) in [4.78, 5) is 47.6. The van der Waals surface area contributed by atoms with Crippen LogP contribution >= 0.6 is 0 Å². The Hall–Kier alpha value is -3.95. The minimum atomic E-state index is -1.55. The van der Waals surface area contributed by atoms with E-state index in [1.807, 2.05) is 57.7 Å². The van der Waals surface area contributed by atoms with Crippen LogP contribution in [0.3, 0.4) is 0 Å². The van der Waals surface area contributed by atoms with Gasteiger partial charge in [-0.25, -0.2) is 0 Å². The van der Waals surface area contributed by atoms with E-state index < -0.39 is 28.3 Å². The number of nitrogens with zero attached hydrogens (tertiary/aromatic N) is 2. The van der Waals surface area contributed by atoms with Crippen molar-refractivity contribution in [1.29, 1.82) is 0 Å². The third kappa shape index (κ3) is 5.84. The zero-order valence-corrected chi connectivity index (χ0v) is 33.0. The van der Waals surface area contributed by atoms with Gasteiger partial charge in [-0.2, -0.15) is 0 Å². The Labute approximate surface area is 314 Å². The molecular weight excluding hydrogens is 668 g/mol. The van der Waals surface area contributed by atoms with E-state index in [0.29, 0.717) is 60.4 Å². The molecule has 5 unspecified atom stereocenters. The van der Waals surface area contributed by atoms with E-state index in [9.17, 15) is 14.7 Å². The van der Waals surface area contributed by atoms with Gasteiger partial charge in [0.2, 0.25) is 5.91 Å². The Balaban J connectivity index is 1.36. The molecule has 1 aromatic carbocycles. The number of carbonyl (C=O) groups excluding carboxylic acids is 3. The number of rotatable bonds is 8. The van der Waals surface area contributed by atoms with Crippen LogP contribution in [0.2, 0.25) is 0 Å². The third-order valence-corrected chi connectivity index (χ3v) is 12.5.